The molecular weight excluding hydrogens is 238 g/mol. The van der Waals surface area contributed by atoms with Gasteiger partial charge in [-0.1, -0.05) is 6.92 Å². The summed E-state index contributed by atoms with van der Waals surface area (Å²) >= 11 is 0. The van der Waals surface area contributed by atoms with Crippen molar-refractivity contribution in [1.29, 1.82) is 0 Å². The molecule has 0 aliphatic carbocycles. The summed E-state index contributed by atoms with van der Waals surface area (Å²) in [5.41, 5.74) is 4.19. The number of nitrogens with zero attached hydrogens (tertiary/aromatic N) is 3. The number of carbonyl (C=O) groups excluding carboxylic acids is 1. The van der Waals surface area contributed by atoms with Crippen LogP contribution in [0.5, 0.6) is 0 Å². The molecule has 0 bridgehead atoms. The molecule has 0 saturated carbocycles. The fourth-order valence-electron chi connectivity index (χ4n) is 2.66. The second-order valence-corrected chi connectivity index (χ2v) is 5.34. The Morgan fingerprint density at radius 1 is 1.32 bits per heavy atom. The van der Waals surface area contributed by atoms with Crippen LogP contribution in [0.4, 0.5) is 0 Å². The fourth-order valence-corrected chi connectivity index (χ4v) is 2.66. The van der Waals surface area contributed by atoms with Crippen LogP contribution in [-0.4, -0.2) is 55.0 Å². The first kappa shape index (κ1) is 14.0. The van der Waals surface area contributed by atoms with E-state index in [0.717, 1.165) is 51.0 Å². The predicted octanol–water partition coefficient (Wildman–Crippen LogP) is 1.85. The summed E-state index contributed by atoms with van der Waals surface area (Å²) < 4.78 is 0. The molecule has 4 heteroatoms. The third-order valence-electron chi connectivity index (χ3n) is 3.83. The first-order valence-electron chi connectivity index (χ1n) is 7.00. The van der Waals surface area contributed by atoms with Crippen LogP contribution in [0.3, 0.4) is 0 Å². The van der Waals surface area contributed by atoms with Gasteiger partial charge in [-0.05, 0) is 32.0 Å². The van der Waals surface area contributed by atoms with E-state index in [1.54, 1.807) is 0 Å². The fraction of sp³-hybridized carbons (Fsp3) is 0.600. The van der Waals surface area contributed by atoms with Gasteiger partial charge in [0.1, 0.15) is 5.70 Å². The molecule has 0 aromatic heterocycles. The lowest BCUT2D eigenvalue weighted by Crippen LogP contribution is -2.43. The van der Waals surface area contributed by atoms with Crippen molar-refractivity contribution in [3.63, 3.8) is 0 Å². The maximum Gasteiger partial charge on any atom is 0.168 e. The molecule has 2 aliphatic rings. The molecule has 4 nitrogen and oxygen atoms in total. The molecule has 1 saturated heterocycles. The Bertz CT molecular complexity index is 440. The molecule has 0 aromatic rings. The van der Waals surface area contributed by atoms with E-state index in [9.17, 15) is 4.79 Å². The van der Waals surface area contributed by atoms with Gasteiger partial charge in [0.2, 0.25) is 0 Å². The third kappa shape index (κ3) is 3.32. The van der Waals surface area contributed by atoms with Gasteiger partial charge in [0.05, 0.1) is 0 Å². The normalized spacial score (nSPS) is 21.9. The second kappa shape index (κ2) is 6.15. The predicted molar refractivity (Wildman–Crippen MR) is 78.3 cm³/mol. The SMILES string of the molecule is CCC1=C(N2CCN(C)CC2)C=C(C=O)N=C(C)C1. The van der Waals surface area contributed by atoms with Crippen LogP contribution >= 0.6 is 0 Å². The minimum atomic E-state index is 0.551. The highest BCUT2D eigenvalue weighted by Crippen LogP contribution is 2.24. The lowest BCUT2D eigenvalue weighted by Gasteiger charge is -2.35. The Balaban J connectivity index is 2.30. The minimum Gasteiger partial charge on any atom is -0.369 e. The van der Waals surface area contributed by atoms with E-state index in [1.807, 2.05) is 13.0 Å². The van der Waals surface area contributed by atoms with E-state index >= 15 is 0 Å². The van der Waals surface area contributed by atoms with Gasteiger partial charge in [0.15, 0.2) is 6.29 Å². The Hall–Kier alpha value is -1.42. The molecule has 0 radical (unpaired) electrons. The molecule has 2 aliphatic heterocycles. The molecule has 104 valence electrons. The lowest BCUT2D eigenvalue weighted by molar-refractivity contribution is -0.104. The number of allylic oxidation sites excluding steroid dienone is 3. The van der Waals surface area contributed by atoms with Gasteiger partial charge in [-0.3, -0.25) is 9.79 Å². The molecule has 0 spiro atoms. The van der Waals surface area contributed by atoms with Crippen molar-refractivity contribution in [3.05, 3.63) is 23.0 Å². The van der Waals surface area contributed by atoms with E-state index in [-0.39, 0.29) is 0 Å². The average Bonchev–Trinajstić information content (AvgIpc) is 2.58. The van der Waals surface area contributed by atoms with E-state index in [4.69, 9.17) is 0 Å². The van der Waals surface area contributed by atoms with Crippen LogP contribution in [0.1, 0.15) is 26.7 Å². The van der Waals surface area contributed by atoms with Crippen LogP contribution in [0, 0.1) is 0 Å². The Morgan fingerprint density at radius 2 is 2.00 bits per heavy atom. The summed E-state index contributed by atoms with van der Waals surface area (Å²) in [5, 5.41) is 0. The van der Waals surface area contributed by atoms with Gasteiger partial charge in [0.25, 0.3) is 0 Å². The Labute approximate surface area is 115 Å². The first-order valence-corrected chi connectivity index (χ1v) is 7.00. The lowest BCUT2D eigenvalue weighted by atomic mass is 10.0. The molecule has 0 atom stereocenters. The van der Waals surface area contributed by atoms with Crippen molar-refractivity contribution in [1.82, 2.24) is 9.80 Å². The van der Waals surface area contributed by atoms with E-state index < -0.39 is 0 Å². The molecule has 1 fully saturated rings. The number of rotatable bonds is 3. The van der Waals surface area contributed by atoms with Crippen molar-refractivity contribution < 1.29 is 4.79 Å². The third-order valence-corrected chi connectivity index (χ3v) is 3.83. The number of carbonyl (C=O) groups is 1. The summed E-state index contributed by atoms with van der Waals surface area (Å²) in [5.74, 6) is 0. The van der Waals surface area contributed by atoms with E-state index in [2.05, 4.69) is 28.8 Å². The van der Waals surface area contributed by atoms with Crippen LogP contribution < -0.4 is 0 Å². The van der Waals surface area contributed by atoms with E-state index in [1.165, 1.54) is 11.3 Å². The number of aliphatic imine (C=N–C) groups is 1. The molecule has 0 aromatic carbocycles. The summed E-state index contributed by atoms with van der Waals surface area (Å²) in [6, 6.07) is 0. The number of piperazine rings is 1. The van der Waals surface area contributed by atoms with Gasteiger partial charge in [-0.25, -0.2) is 0 Å². The van der Waals surface area contributed by atoms with Crippen LogP contribution in [-0.2, 0) is 4.79 Å². The zero-order chi connectivity index (χ0) is 13.8. The summed E-state index contributed by atoms with van der Waals surface area (Å²) in [6.07, 6.45) is 4.72. The highest BCUT2D eigenvalue weighted by atomic mass is 16.1. The second-order valence-electron chi connectivity index (χ2n) is 5.34. The van der Waals surface area contributed by atoms with Gasteiger partial charge in [0, 0.05) is 44.0 Å². The van der Waals surface area contributed by atoms with Gasteiger partial charge >= 0.3 is 0 Å². The largest absolute Gasteiger partial charge is 0.369 e. The highest BCUT2D eigenvalue weighted by molar-refractivity contribution is 5.90. The van der Waals surface area contributed by atoms with Gasteiger partial charge in [-0.2, -0.15) is 0 Å². The van der Waals surface area contributed by atoms with Crippen molar-refractivity contribution >= 4 is 12.0 Å². The first-order chi connectivity index (χ1) is 9.13. The number of hydrogen-bond acceptors (Lipinski definition) is 4. The Kier molecular flexibility index (Phi) is 4.53. The number of likely N-dealkylation sites (N-methyl/N-ethyl adjacent to an activating group) is 1. The monoisotopic (exact) mass is 261 g/mol. The molecule has 2 heterocycles. The van der Waals surface area contributed by atoms with Crippen molar-refractivity contribution in [2.75, 3.05) is 33.2 Å². The van der Waals surface area contributed by atoms with Crippen LogP contribution in [0.25, 0.3) is 0 Å². The topological polar surface area (TPSA) is 35.9 Å². The zero-order valence-corrected chi connectivity index (χ0v) is 12.1. The average molecular weight is 261 g/mol. The van der Waals surface area contributed by atoms with Crippen molar-refractivity contribution in [3.8, 4) is 0 Å². The van der Waals surface area contributed by atoms with Gasteiger partial charge < -0.3 is 9.80 Å². The maximum atomic E-state index is 11.1. The molecular formula is C15H23N3O. The number of aldehydes is 1. The summed E-state index contributed by atoms with van der Waals surface area (Å²) in [6.45, 7) is 8.38. The van der Waals surface area contributed by atoms with Gasteiger partial charge in [-0.15, -0.1) is 0 Å². The molecule has 0 unspecified atom stereocenters. The quantitative estimate of drug-likeness (QED) is 0.727. The van der Waals surface area contributed by atoms with Crippen molar-refractivity contribution in [2.45, 2.75) is 26.7 Å². The molecule has 0 amide bonds. The maximum absolute atomic E-state index is 11.1. The van der Waals surface area contributed by atoms with E-state index in [0.29, 0.717) is 5.70 Å². The zero-order valence-electron chi connectivity index (χ0n) is 12.1. The molecule has 2 rings (SSSR count). The summed E-state index contributed by atoms with van der Waals surface area (Å²) in [7, 11) is 2.15. The minimum absolute atomic E-state index is 0.551. The summed E-state index contributed by atoms with van der Waals surface area (Å²) in [4.78, 5) is 20.2. The van der Waals surface area contributed by atoms with Crippen LogP contribution in [0.2, 0.25) is 0 Å². The van der Waals surface area contributed by atoms with Crippen molar-refractivity contribution in [2.24, 2.45) is 4.99 Å². The van der Waals surface area contributed by atoms with Crippen LogP contribution in [0.15, 0.2) is 28.0 Å². The molecule has 19 heavy (non-hydrogen) atoms. The number of hydrogen-bond donors (Lipinski definition) is 0. The standard InChI is InChI=1S/C15H23N3O/c1-4-13-9-12(2)16-14(11-19)10-15(13)18-7-5-17(3)6-8-18/h10-11H,4-9H2,1-3H3. The Morgan fingerprint density at radius 3 is 2.58 bits per heavy atom. The smallest absolute Gasteiger partial charge is 0.168 e. The molecule has 0 N–H and O–H groups in total. The highest BCUT2D eigenvalue weighted by Gasteiger charge is 2.20.